The lowest BCUT2D eigenvalue weighted by Gasteiger charge is -2.16. The first kappa shape index (κ1) is 14.6. The van der Waals surface area contributed by atoms with Crippen LogP contribution in [-0.4, -0.2) is 17.2 Å². The Labute approximate surface area is 123 Å². The maximum atomic E-state index is 10.1. The van der Waals surface area contributed by atoms with Gasteiger partial charge < -0.3 is 15.2 Å². The number of benzene rings is 1. The highest BCUT2D eigenvalue weighted by molar-refractivity contribution is 6.30. The summed E-state index contributed by atoms with van der Waals surface area (Å²) in [5.74, 6) is 0.497. The van der Waals surface area contributed by atoms with Gasteiger partial charge in [0.1, 0.15) is 0 Å². The predicted octanol–water partition coefficient (Wildman–Crippen LogP) is 3.30. The molecule has 2 rings (SSSR count). The number of ether oxygens (including phenoxy) is 1. The molecule has 0 saturated carbocycles. The van der Waals surface area contributed by atoms with Gasteiger partial charge >= 0.3 is 0 Å². The first-order valence-electron chi connectivity index (χ1n) is 6.30. The molecule has 1 heterocycles. The van der Waals surface area contributed by atoms with Gasteiger partial charge in [0.25, 0.3) is 0 Å². The summed E-state index contributed by atoms with van der Waals surface area (Å²) in [6.07, 6.45) is 3.51. The molecule has 20 heavy (non-hydrogen) atoms. The summed E-state index contributed by atoms with van der Waals surface area (Å²) in [5.41, 5.74) is 1.84. The van der Waals surface area contributed by atoms with Crippen molar-refractivity contribution < 1.29 is 9.84 Å². The van der Waals surface area contributed by atoms with Gasteiger partial charge in [0.15, 0.2) is 11.5 Å². The molecule has 2 aromatic rings. The number of nitrogens with zero attached hydrogens (tertiary/aromatic N) is 1. The Morgan fingerprint density at radius 1 is 1.35 bits per heavy atom. The molecule has 1 aromatic heterocycles. The van der Waals surface area contributed by atoms with E-state index in [2.05, 4.69) is 10.3 Å². The molecule has 0 aliphatic heterocycles. The van der Waals surface area contributed by atoms with E-state index in [1.807, 2.05) is 19.1 Å². The third-order valence-corrected chi connectivity index (χ3v) is 3.36. The van der Waals surface area contributed by atoms with E-state index in [9.17, 15) is 5.11 Å². The number of nitrogens with one attached hydrogen (secondary N) is 1. The molecule has 1 aromatic carbocycles. The number of phenols is 1. The van der Waals surface area contributed by atoms with Gasteiger partial charge in [-0.3, -0.25) is 4.98 Å². The normalized spacial score (nSPS) is 12.2. The topological polar surface area (TPSA) is 54.4 Å². The van der Waals surface area contributed by atoms with E-state index in [-0.39, 0.29) is 11.8 Å². The van der Waals surface area contributed by atoms with Crippen molar-refractivity contribution in [3.8, 4) is 11.5 Å². The van der Waals surface area contributed by atoms with Crippen molar-refractivity contribution >= 4 is 11.6 Å². The zero-order valence-electron chi connectivity index (χ0n) is 11.4. The summed E-state index contributed by atoms with van der Waals surface area (Å²) in [4.78, 5) is 3.99. The van der Waals surface area contributed by atoms with Gasteiger partial charge in [-0.15, -0.1) is 0 Å². The minimum atomic E-state index is 0.117. The summed E-state index contributed by atoms with van der Waals surface area (Å²) >= 11 is 6.01. The summed E-state index contributed by atoms with van der Waals surface area (Å²) in [6.45, 7) is 2.54. The average molecular weight is 293 g/mol. The van der Waals surface area contributed by atoms with Crippen molar-refractivity contribution in [2.45, 2.75) is 19.5 Å². The molecule has 1 atom stereocenters. The van der Waals surface area contributed by atoms with E-state index in [1.54, 1.807) is 24.5 Å². The molecule has 0 amide bonds. The van der Waals surface area contributed by atoms with Crippen LogP contribution in [0.15, 0.2) is 36.7 Å². The van der Waals surface area contributed by atoms with Crippen molar-refractivity contribution in [3.05, 3.63) is 52.8 Å². The Bertz CT molecular complexity index is 576. The number of aromatic hydroxyl groups is 1. The molecule has 4 nitrogen and oxygen atoms in total. The van der Waals surface area contributed by atoms with Crippen LogP contribution in [-0.2, 0) is 6.54 Å². The van der Waals surface area contributed by atoms with Crippen molar-refractivity contribution in [2.75, 3.05) is 7.11 Å². The Morgan fingerprint density at radius 3 is 2.70 bits per heavy atom. The van der Waals surface area contributed by atoms with Crippen LogP contribution in [0, 0.1) is 0 Å². The van der Waals surface area contributed by atoms with Crippen LogP contribution >= 0.6 is 11.6 Å². The van der Waals surface area contributed by atoms with Crippen LogP contribution < -0.4 is 10.1 Å². The Hall–Kier alpha value is -1.78. The van der Waals surface area contributed by atoms with E-state index < -0.39 is 0 Å². The molecule has 106 valence electrons. The molecule has 0 saturated heterocycles. The number of rotatable bonds is 5. The number of halogens is 1. The zero-order valence-corrected chi connectivity index (χ0v) is 12.2. The molecular formula is C15H17ClN2O2. The minimum Gasteiger partial charge on any atom is -0.504 e. The molecule has 0 radical (unpaired) electrons. The molecule has 1 unspecified atom stereocenters. The van der Waals surface area contributed by atoms with Crippen LogP contribution in [0.25, 0.3) is 0 Å². The number of phenolic OH excluding ortho intramolecular Hbond substituents is 1. The van der Waals surface area contributed by atoms with E-state index in [1.165, 1.54) is 7.11 Å². The van der Waals surface area contributed by atoms with Crippen molar-refractivity contribution in [1.29, 1.82) is 0 Å². The van der Waals surface area contributed by atoms with Gasteiger partial charge in [0, 0.05) is 41.6 Å². The van der Waals surface area contributed by atoms with Crippen LogP contribution in [0.4, 0.5) is 0 Å². The number of aromatic nitrogens is 1. The summed E-state index contributed by atoms with van der Waals surface area (Å²) in [7, 11) is 1.50. The first-order valence-corrected chi connectivity index (χ1v) is 6.68. The van der Waals surface area contributed by atoms with Crippen LogP contribution in [0.2, 0.25) is 5.02 Å². The lowest BCUT2D eigenvalue weighted by atomic mass is 10.1. The largest absolute Gasteiger partial charge is 0.504 e. The first-order chi connectivity index (χ1) is 9.61. The standard InChI is InChI=1S/C15H17ClN2O2/c1-10(11-3-5-17-6-4-11)18-9-12-7-13(16)8-14(20-2)15(12)19/h3-8,10,18-19H,9H2,1-2H3. The van der Waals surface area contributed by atoms with E-state index in [0.29, 0.717) is 22.9 Å². The molecule has 5 heteroatoms. The van der Waals surface area contributed by atoms with Gasteiger partial charge in [-0.25, -0.2) is 0 Å². The third-order valence-electron chi connectivity index (χ3n) is 3.14. The Balaban J connectivity index is 2.09. The van der Waals surface area contributed by atoms with Gasteiger partial charge in [-0.2, -0.15) is 0 Å². The number of hydrogen-bond donors (Lipinski definition) is 2. The van der Waals surface area contributed by atoms with Crippen molar-refractivity contribution in [2.24, 2.45) is 0 Å². The van der Waals surface area contributed by atoms with Gasteiger partial charge in [0.2, 0.25) is 0 Å². The molecule has 0 fully saturated rings. The van der Waals surface area contributed by atoms with Gasteiger partial charge in [-0.05, 0) is 30.7 Å². The highest BCUT2D eigenvalue weighted by atomic mass is 35.5. The van der Waals surface area contributed by atoms with Gasteiger partial charge in [0.05, 0.1) is 7.11 Å². The fourth-order valence-corrected chi connectivity index (χ4v) is 2.18. The van der Waals surface area contributed by atoms with Crippen molar-refractivity contribution in [3.63, 3.8) is 0 Å². The van der Waals surface area contributed by atoms with E-state index in [4.69, 9.17) is 16.3 Å². The lowest BCUT2D eigenvalue weighted by molar-refractivity contribution is 0.369. The highest BCUT2D eigenvalue weighted by Gasteiger charge is 2.11. The molecule has 0 bridgehead atoms. The summed E-state index contributed by atoms with van der Waals surface area (Å²) in [5, 5.41) is 13.9. The fraction of sp³-hybridized carbons (Fsp3) is 0.267. The number of methoxy groups -OCH3 is 1. The summed E-state index contributed by atoms with van der Waals surface area (Å²) < 4.78 is 5.09. The maximum absolute atomic E-state index is 10.1. The fourth-order valence-electron chi connectivity index (χ4n) is 1.95. The monoisotopic (exact) mass is 292 g/mol. The van der Waals surface area contributed by atoms with E-state index in [0.717, 1.165) is 5.56 Å². The third kappa shape index (κ3) is 3.40. The quantitative estimate of drug-likeness (QED) is 0.888. The molecule has 0 aliphatic rings. The maximum Gasteiger partial charge on any atom is 0.162 e. The second-order valence-electron chi connectivity index (χ2n) is 4.50. The lowest BCUT2D eigenvalue weighted by Crippen LogP contribution is -2.18. The molecule has 0 aliphatic carbocycles. The Morgan fingerprint density at radius 2 is 2.05 bits per heavy atom. The summed E-state index contributed by atoms with van der Waals surface area (Å²) in [6, 6.07) is 7.37. The minimum absolute atomic E-state index is 0.117. The SMILES string of the molecule is COc1cc(Cl)cc(CNC(C)c2ccncc2)c1O. The molecule has 0 spiro atoms. The molecule has 2 N–H and O–H groups in total. The number of hydrogen-bond acceptors (Lipinski definition) is 4. The Kier molecular flexibility index (Phi) is 4.82. The smallest absolute Gasteiger partial charge is 0.162 e. The molecular weight excluding hydrogens is 276 g/mol. The zero-order chi connectivity index (χ0) is 14.5. The van der Waals surface area contributed by atoms with Crippen LogP contribution in [0.3, 0.4) is 0 Å². The highest BCUT2D eigenvalue weighted by Crippen LogP contribution is 2.33. The predicted molar refractivity (Wildman–Crippen MR) is 79.2 cm³/mol. The second-order valence-corrected chi connectivity index (χ2v) is 4.94. The second kappa shape index (κ2) is 6.59. The van der Waals surface area contributed by atoms with Gasteiger partial charge in [-0.1, -0.05) is 11.6 Å². The van der Waals surface area contributed by atoms with Crippen molar-refractivity contribution in [1.82, 2.24) is 10.3 Å². The number of pyridine rings is 1. The van der Waals surface area contributed by atoms with E-state index >= 15 is 0 Å². The average Bonchev–Trinajstić information content (AvgIpc) is 2.48. The van der Waals surface area contributed by atoms with Crippen LogP contribution in [0.5, 0.6) is 11.5 Å². The van der Waals surface area contributed by atoms with Crippen LogP contribution in [0.1, 0.15) is 24.1 Å².